The number of nitrogens with zero attached hydrogens (tertiary/aromatic N) is 2. The number of amides is 1. The molecular weight excluding hydrogens is 356 g/mol. The Morgan fingerprint density at radius 2 is 2.09 bits per heavy atom. The third kappa shape index (κ3) is 3.53. The highest BCUT2D eigenvalue weighted by Gasteiger charge is 2.09. The Bertz CT molecular complexity index is 839. The molecule has 118 valence electrons. The van der Waals surface area contributed by atoms with E-state index in [1.165, 1.54) is 0 Å². The van der Waals surface area contributed by atoms with Crippen molar-refractivity contribution < 1.29 is 4.79 Å². The lowest BCUT2D eigenvalue weighted by Gasteiger charge is -2.11. The minimum atomic E-state index is -0.131. The van der Waals surface area contributed by atoms with Crippen LogP contribution < -0.4 is 10.2 Å². The SMILES string of the molecule is CN(C)c1ccc(CNC(=O)c2cc3ccc(Br)cc3[nH]2)cn1. The summed E-state index contributed by atoms with van der Waals surface area (Å²) in [4.78, 5) is 21.7. The second-order valence-electron chi connectivity index (χ2n) is 5.52. The highest BCUT2D eigenvalue weighted by molar-refractivity contribution is 9.10. The molecule has 6 heteroatoms. The largest absolute Gasteiger partial charge is 0.363 e. The Balaban J connectivity index is 1.68. The van der Waals surface area contributed by atoms with Crippen LogP contribution in [0.1, 0.15) is 16.1 Å². The Morgan fingerprint density at radius 1 is 1.26 bits per heavy atom. The van der Waals surface area contributed by atoms with Gasteiger partial charge in [0.2, 0.25) is 0 Å². The van der Waals surface area contributed by atoms with Gasteiger partial charge in [-0.2, -0.15) is 0 Å². The maximum atomic E-state index is 12.3. The van der Waals surface area contributed by atoms with Gasteiger partial charge >= 0.3 is 0 Å². The smallest absolute Gasteiger partial charge is 0.267 e. The first-order valence-corrected chi connectivity index (χ1v) is 8.01. The molecule has 0 spiro atoms. The van der Waals surface area contributed by atoms with Crippen LogP contribution >= 0.6 is 15.9 Å². The molecular formula is C17H17BrN4O. The van der Waals surface area contributed by atoms with E-state index in [-0.39, 0.29) is 5.91 Å². The van der Waals surface area contributed by atoms with Crippen LogP contribution in [0, 0.1) is 0 Å². The van der Waals surface area contributed by atoms with Crippen LogP contribution in [0.3, 0.4) is 0 Å². The quantitative estimate of drug-likeness (QED) is 0.738. The molecule has 5 nitrogen and oxygen atoms in total. The lowest BCUT2D eigenvalue weighted by atomic mass is 10.2. The van der Waals surface area contributed by atoms with Crippen molar-refractivity contribution in [3.8, 4) is 0 Å². The number of benzene rings is 1. The van der Waals surface area contributed by atoms with Gasteiger partial charge in [0.1, 0.15) is 11.5 Å². The van der Waals surface area contributed by atoms with Crippen LogP contribution in [0.2, 0.25) is 0 Å². The highest BCUT2D eigenvalue weighted by atomic mass is 79.9. The van der Waals surface area contributed by atoms with Crippen molar-refractivity contribution in [2.75, 3.05) is 19.0 Å². The van der Waals surface area contributed by atoms with Crippen LogP contribution in [0.15, 0.2) is 47.1 Å². The summed E-state index contributed by atoms with van der Waals surface area (Å²) in [6.07, 6.45) is 1.78. The number of rotatable bonds is 4. The zero-order valence-corrected chi connectivity index (χ0v) is 14.5. The lowest BCUT2D eigenvalue weighted by Crippen LogP contribution is -2.23. The second kappa shape index (κ2) is 6.42. The number of aromatic nitrogens is 2. The van der Waals surface area contributed by atoms with Gasteiger partial charge in [-0.25, -0.2) is 4.98 Å². The minimum Gasteiger partial charge on any atom is -0.363 e. The normalized spacial score (nSPS) is 10.7. The molecule has 0 bridgehead atoms. The molecule has 0 saturated heterocycles. The number of aromatic amines is 1. The van der Waals surface area contributed by atoms with Gasteiger partial charge in [0.25, 0.3) is 5.91 Å². The second-order valence-corrected chi connectivity index (χ2v) is 6.43. The molecule has 0 saturated carbocycles. The third-order valence-corrected chi connectivity index (χ3v) is 4.04. The van der Waals surface area contributed by atoms with E-state index in [0.717, 1.165) is 26.8 Å². The van der Waals surface area contributed by atoms with Crippen molar-refractivity contribution >= 4 is 38.6 Å². The molecule has 0 aliphatic heterocycles. The molecule has 1 aromatic carbocycles. The van der Waals surface area contributed by atoms with Crippen LogP contribution in [0.25, 0.3) is 10.9 Å². The van der Waals surface area contributed by atoms with Gasteiger partial charge in [-0.1, -0.05) is 28.1 Å². The topological polar surface area (TPSA) is 61.0 Å². The predicted octanol–water partition coefficient (Wildman–Crippen LogP) is 3.32. The summed E-state index contributed by atoms with van der Waals surface area (Å²) in [7, 11) is 3.89. The third-order valence-electron chi connectivity index (χ3n) is 3.55. The Labute approximate surface area is 142 Å². The van der Waals surface area contributed by atoms with Gasteiger partial charge in [0.15, 0.2) is 0 Å². The van der Waals surface area contributed by atoms with E-state index in [4.69, 9.17) is 0 Å². The Morgan fingerprint density at radius 3 is 2.78 bits per heavy atom. The van der Waals surface area contributed by atoms with E-state index in [1.807, 2.05) is 55.4 Å². The van der Waals surface area contributed by atoms with Crippen molar-refractivity contribution in [1.82, 2.24) is 15.3 Å². The van der Waals surface area contributed by atoms with Crippen molar-refractivity contribution in [3.05, 3.63) is 58.3 Å². The van der Waals surface area contributed by atoms with Gasteiger partial charge in [0, 0.05) is 42.2 Å². The van der Waals surface area contributed by atoms with Crippen molar-refractivity contribution in [2.24, 2.45) is 0 Å². The first-order valence-electron chi connectivity index (χ1n) is 7.21. The van der Waals surface area contributed by atoms with E-state index in [2.05, 4.69) is 31.2 Å². The van der Waals surface area contributed by atoms with Crippen molar-refractivity contribution in [1.29, 1.82) is 0 Å². The fourth-order valence-electron chi connectivity index (χ4n) is 2.28. The van der Waals surface area contributed by atoms with Gasteiger partial charge in [0.05, 0.1) is 0 Å². The molecule has 3 aromatic rings. The number of carbonyl (C=O) groups excluding carboxylic acids is 1. The van der Waals surface area contributed by atoms with Crippen molar-refractivity contribution in [2.45, 2.75) is 6.54 Å². The van der Waals surface area contributed by atoms with Gasteiger partial charge < -0.3 is 15.2 Å². The van der Waals surface area contributed by atoms with Gasteiger partial charge in [-0.3, -0.25) is 4.79 Å². The fraction of sp³-hybridized carbons (Fsp3) is 0.176. The first-order chi connectivity index (χ1) is 11.0. The number of carbonyl (C=O) groups is 1. The standard InChI is InChI=1S/C17H17BrN4O/c1-22(2)16-6-3-11(9-19-16)10-20-17(23)15-7-12-4-5-13(18)8-14(12)21-15/h3-9,21H,10H2,1-2H3,(H,20,23). The summed E-state index contributed by atoms with van der Waals surface area (Å²) in [6.45, 7) is 0.443. The van der Waals surface area contributed by atoms with Crippen LogP contribution in [0.4, 0.5) is 5.82 Å². The summed E-state index contributed by atoms with van der Waals surface area (Å²) < 4.78 is 0.978. The Kier molecular flexibility index (Phi) is 4.34. The average molecular weight is 373 g/mol. The summed E-state index contributed by atoms with van der Waals surface area (Å²) in [5.41, 5.74) is 2.44. The molecule has 0 fully saturated rings. The van der Waals surface area contributed by atoms with Gasteiger partial charge in [-0.15, -0.1) is 0 Å². The number of hydrogen-bond donors (Lipinski definition) is 2. The number of halogens is 1. The lowest BCUT2D eigenvalue weighted by molar-refractivity contribution is 0.0946. The van der Waals surface area contributed by atoms with Gasteiger partial charge in [-0.05, 0) is 29.8 Å². The van der Waals surface area contributed by atoms with Crippen LogP contribution in [0.5, 0.6) is 0 Å². The molecule has 0 atom stereocenters. The number of anilines is 1. The van der Waals surface area contributed by atoms with E-state index in [0.29, 0.717) is 12.2 Å². The van der Waals surface area contributed by atoms with E-state index < -0.39 is 0 Å². The molecule has 2 aromatic heterocycles. The zero-order chi connectivity index (χ0) is 16.4. The number of fused-ring (bicyclic) bond motifs is 1. The first kappa shape index (κ1) is 15.6. The molecule has 1 amide bonds. The highest BCUT2D eigenvalue weighted by Crippen LogP contribution is 2.20. The summed E-state index contributed by atoms with van der Waals surface area (Å²) >= 11 is 3.42. The van der Waals surface area contributed by atoms with Crippen LogP contribution in [-0.4, -0.2) is 30.0 Å². The molecule has 2 N–H and O–H groups in total. The monoisotopic (exact) mass is 372 g/mol. The van der Waals surface area contributed by atoms with E-state index in [9.17, 15) is 4.79 Å². The molecule has 0 aliphatic carbocycles. The van der Waals surface area contributed by atoms with E-state index >= 15 is 0 Å². The number of hydrogen-bond acceptors (Lipinski definition) is 3. The maximum Gasteiger partial charge on any atom is 0.267 e. The summed E-state index contributed by atoms with van der Waals surface area (Å²) in [6, 6.07) is 11.6. The molecule has 0 aliphatic rings. The number of pyridine rings is 1. The van der Waals surface area contributed by atoms with Crippen LogP contribution in [-0.2, 0) is 6.54 Å². The van der Waals surface area contributed by atoms with Crippen molar-refractivity contribution in [3.63, 3.8) is 0 Å². The van der Waals surface area contributed by atoms with E-state index in [1.54, 1.807) is 6.20 Å². The molecule has 2 heterocycles. The predicted molar refractivity (Wildman–Crippen MR) is 95.7 cm³/mol. The molecule has 0 unspecified atom stereocenters. The molecule has 23 heavy (non-hydrogen) atoms. The maximum absolute atomic E-state index is 12.3. The number of H-pyrrole nitrogens is 1. The molecule has 0 radical (unpaired) electrons. The summed E-state index contributed by atoms with van der Waals surface area (Å²) in [5, 5.41) is 3.91. The zero-order valence-electron chi connectivity index (χ0n) is 12.9. The molecule has 3 rings (SSSR count). The number of nitrogens with one attached hydrogen (secondary N) is 2. The Hall–Kier alpha value is -2.34. The minimum absolute atomic E-state index is 0.131. The fourth-order valence-corrected chi connectivity index (χ4v) is 2.65. The average Bonchev–Trinajstić information content (AvgIpc) is 2.96. The summed E-state index contributed by atoms with van der Waals surface area (Å²) in [5.74, 6) is 0.760.